The molecule has 0 spiro atoms. The van der Waals surface area contributed by atoms with Gasteiger partial charge in [-0.15, -0.1) is 11.3 Å². The van der Waals surface area contributed by atoms with Crippen LogP contribution in [0.1, 0.15) is 20.1 Å². The molecule has 112 valence electrons. The van der Waals surface area contributed by atoms with Crippen molar-refractivity contribution >= 4 is 22.9 Å². The van der Waals surface area contributed by atoms with Crippen LogP contribution in [0.3, 0.4) is 0 Å². The zero-order valence-electron chi connectivity index (χ0n) is 12.1. The van der Waals surface area contributed by atoms with Crippen LogP contribution in [0, 0.1) is 6.92 Å². The quantitative estimate of drug-likeness (QED) is 0.482. The van der Waals surface area contributed by atoms with E-state index in [-0.39, 0.29) is 11.5 Å². The molecule has 2 heterocycles. The van der Waals surface area contributed by atoms with E-state index in [1.54, 1.807) is 12.3 Å². The molecule has 1 amide bonds. The van der Waals surface area contributed by atoms with Gasteiger partial charge < -0.3 is 4.90 Å². The van der Waals surface area contributed by atoms with Crippen molar-refractivity contribution in [3.8, 4) is 0 Å². The van der Waals surface area contributed by atoms with Crippen LogP contribution in [-0.4, -0.2) is 29.8 Å². The minimum atomic E-state index is -0.336. The number of rotatable bonds is 4. The van der Waals surface area contributed by atoms with Gasteiger partial charge in [-0.2, -0.15) is 5.10 Å². The summed E-state index contributed by atoms with van der Waals surface area (Å²) in [5.41, 5.74) is 3.55. The molecule has 0 aromatic carbocycles. The number of carbonyl (C=O) groups excluding carboxylic acids is 1. The number of carbonyl (C=O) groups is 1. The normalized spacial score (nSPS) is 10.5. The fourth-order valence-corrected chi connectivity index (χ4v) is 2.75. The molecule has 0 fully saturated rings. The van der Waals surface area contributed by atoms with E-state index < -0.39 is 0 Å². The molecule has 0 saturated heterocycles. The molecule has 2 aromatic heterocycles. The number of amides is 1. The van der Waals surface area contributed by atoms with Crippen LogP contribution in [0.25, 0.3) is 0 Å². The number of hydrogen-bond donors (Lipinski definition) is 2. The number of aryl methyl sites for hydroxylation is 1. The molecule has 0 atom stereocenters. The van der Waals surface area contributed by atoms with Crippen molar-refractivity contribution < 1.29 is 4.79 Å². The summed E-state index contributed by atoms with van der Waals surface area (Å²) in [5, 5.41) is 4.15. The second-order valence-corrected chi connectivity index (χ2v) is 6.03. The molecule has 3 N–H and O–H groups in total. The standard InChI is InChI=1S/C13H17N5O2S/c1-8-9(4-11(21-8)13(20)16-14)7-18-12(19)5-10(6-15-18)17(2)3/h4-6H,7,14H2,1-3H3,(H,16,20). The number of nitrogens with zero attached hydrogens (tertiary/aromatic N) is 3. The van der Waals surface area contributed by atoms with Gasteiger partial charge in [0.2, 0.25) is 0 Å². The third kappa shape index (κ3) is 3.29. The van der Waals surface area contributed by atoms with Gasteiger partial charge in [0, 0.05) is 25.0 Å². The highest BCUT2D eigenvalue weighted by Crippen LogP contribution is 2.22. The Labute approximate surface area is 126 Å². The SMILES string of the molecule is Cc1sc(C(=O)NN)cc1Cn1ncc(N(C)C)cc1=O. The van der Waals surface area contributed by atoms with Gasteiger partial charge in [-0.3, -0.25) is 15.0 Å². The minimum Gasteiger partial charge on any atom is -0.376 e. The second-order valence-electron chi connectivity index (χ2n) is 4.77. The van der Waals surface area contributed by atoms with Gasteiger partial charge in [0.25, 0.3) is 11.5 Å². The van der Waals surface area contributed by atoms with Gasteiger partial charge in [0.15, 0.2) is 0 Å². The highest BCUT2D eigenvalue weighted by Gasteiger charge is 2.12. The lowest BCUT2D eigenvalue weighted by molar-refractivity contribution is 0.0957. The van der Waals surface area contributed by atoms with E-state index in [2.05, 4.69) is 10.5 Å². The molecule has 0 aliphatic heterocycles. The summed E-state index contributed by atoms with van der Waals surface area (Å²) < 4.78 is 1.37. The van der Waals surface area contributed by atoms with E-state index in [0.29, 0.717) is 11.4 Å². The molecule has 2 aromatic rings. The zero-order valence-corrected chi connectivity index (χ0v) is 12.9. The van der Waals surface area contributed by atoms with Crippen molar-refractivity contribution in [3.05, 3.63) is 44.0 Å². The van der Waals surface area contributed by atoms with Gasteiger partial charge in [-0.25, -0.2) is 10.5 Å². The summed E-state index contributed by atoms with van der Waals surface area (Å²) in [4.78, 5) is 26.8. The maximum absolute atomic E-state index is 12.0. The molecule has 0 unspecified atom stereocenters. The summed E-state index contributed by atoms with van der Waals surface area (Å²) in [6.45, 7) is 2.22. The Hall–Kier alpha value is -2.19. The lowest BCUT2D eigenvalue weighted by Crippen LogP contribution is -2.29. The van der Waals surface area contributed by atoms with E-state index in [1.807, 2.05) is 25.9 Å². The highest BCUT2D eigenvalue weighted by molar-refractivity contribution is 7.14. The van der Waals surface area contributed by atoms with Crippen molar-refractivity contribution in [1.82, 2.24) is 15.2 Å². The average molecular weight is 307 g/mol. The molecular weight excluding hydrogens is 290 g/mol. The maximum atomic E-state index is 12.0. The maximum Gasteiger partial charge on any atom is 0.275 e. The first-order chi connectivity index (χ1) is 9.92. The Balaban J connectivity index is 2.28. The number of aromatic nitrogens is 2. The average Bonchev–Trinajstić information content (AvgIpc) is 2.81. The van der Waals surface area contributed by atoms with Gasteiger partial charge in [-0.05, 0) is 18.6 Å². The summed E-state index contributed by atoms with van der Waals surface area (Å²) in [6, 6.07) is 3.26. The molecule has 0 radical (unpaired) electrons. The summed E-state index contributed by atoms with van der Waals surface area (Å²) in [6.07, 6.45) is 1.64. The van der Waals surface area contributed by atoms with Crippen molar-refractivity contribution in [1.29, 1.82) is 0 Å². The van der Waals surface area contributed by atoms with Crippen LogP contribution in [0.5, 0.6) is 0 Å². The number of thiophene rings is 1. The van der Waals surface area contributed by atoms with E-state index in [9.17, 15) is 9.59 Å². The summed E-state index contributed by atoms with van der Waals surface area (Å²) in [7, 11) is 3.70. The van der Waals surface area contributed by atoms with Crippen LogP contribution in [-0.2, 0) is 6.54 Å². The first-order valence-corrected chi connectivity index (χ1v) is 7.08. The number of hydrazine groups is 1. The molecule has 8 heteroatoms. The summed E-state index contributed by atoms with van der Waals surface area (Å²) in [5.74, 6) is 4.78. The largest absolute Gasteiger partial charge is 0.376 e. The molecule has 0 aliphatic rings. The Bertz CT molecular complexity index is 720. The smallest absolute Gasteiger partial charge is 0.275 e. The monoisotopic (exact) mass is 307 g/mol. The molecule has 21 heavy (non-hydrogen) atoms. The fourth-order valence-electron chi connectivity index (χ4n) is 1.81. The van der Waals surface area contributed by atoms with Crippen molar-refractivity contribution in [2.45, 2.75) is 13.5 Å². The van der Waals surface area contributed by atoms with Crippen LogP contribution < -0.4 is 21.7 Å². The van der Waals surface area contributed by atoms with Crippen molar-refractivity contribution in [2.75, 3.05) is 19.0 Å². The van der Waals surface area contributed by atoms with E-state index in [4.69, 9.17) is 5.84 Å². The predicted octanol–water partition coefficient (Wildman–Crippen LogP) is 0.331. The van der Waals surface area contributed by atoms with E-state index in [0.717, 1.165) is 16.1 Å². The minimum absolute atomic E-state index is 0.184. The van der Waals surface area contributed by atoms with Crippen LogP contribution >= 0.6 is 11.3 Å². The number of nitrogens with two attached hydrogens (primary N) is 1. The van der Waals surface area contributed by atoms with Gasteiger partial charge in [-0.1, -0.05) is 0 Å². The van der Waals surface area contributed by atoms with Crippen LogP contribution in [0.15, 0.2) is 23.1 Å². The van der Waals surface area contributed by atoms with E-state index >= 15 is 0 Å². The lowest BCUT2D eigenvalue weighted by atomic mass is 10.2. The van der Waals surface area contributed by atoms with Gasteiger partial charge in [0.1, 0.15) is 0 Å². The Morgan fingerprint density at radius 1 is 1.48 bits per heavy atom. The Kier molecular flexibility index (Phi) is 4.39. The predicted molar refractivity (Wildman–Crippen MR) is 82.6 cm³/mol. The number of nitrogen functional groups attached to an aromatic ring is 1. The number of anilines is 1. The van der Waals surface area contributed by atoms with Gasteiger partial charge in [0.05, 0.1) is 23.3 Å². The molecule has 2 rings (SSSR count). The third-order valence-electron chi connectivity index (χ3n) is 3.07. The molecular formula is C13H17N5O2S. The van der Waals surface area contributed by atoms with Gasteiger partial charge >= 0.3 is 0 Å². The third-order valence-corrected chi connectivity index (χ3v) is 4.16. The fraction of sp³-hybridized carbons (Fsp3) is 0.308. The Morgan fingerprint density at radius 2 is 2.19 bits per heavy atom. The lowest BCUT2D eigenvalue weighted by Gasteiger charge is -2.12. The van der Waals surface area contributed by atoms with Crippen molar-refractivity contribution in [3.63, 3.8) is 0 Å². The summed E-state index contributed by atoms with van der Waals surface area (Å²) >= 11 is 1.34. The second kappa shape index (κ2) is 6.06. The first kappa shape index (κ1) is 15.2. The molecule has 0 saturated carbocycles. The van der Waals surface area contributed by atoms with E-state index in [1.165, 1.54) is 22.1 Å². The van der Waals surface area contributed by atoms with Crippen LogP contribution in [0.2, 0.25) is 0 Å². The number of hydrogen-bond acceptors (Lipinski definition) is 6. The molecule has 7 nitrogen and oxygen atoms in total. The number of nitrogens with one attached hydrogen (secondary N) is 1. The Morgan fingerprint density at radius 3 is 2.76 bits per heavy atom. The van der Waals surface area contributed by atoms with Crippen LogP contribution in [0.4, 0.5) is 5.69 Å². The first-order valence-electron chi connectivity index (χ1n) is 6.27. The molecule has 0 bridgehead atoms. The zero-order chi connectivity index (χ0) is 15.6. The topological polar surface area (TPSA) is 93.2 Å². The highest BCUT2D eigenvalue weighted by atomic mass is 32.1. The van der Waals surface area contributed by atoms with Crippen molar-refractivity contribution in [2.24, 2.45) is 5.84 Å². The molecule has 0 aliphatic carbocycles.